The Kier molecular flexibility index (Phi) is 8.22. The number of methoxy groups -OCH3 is 2. The van der Waals surface area contributed by atoms with Crippen molar-refractivity contribution in [2.75, 3.05) is 38.8 Å². The van der Waals surface area contributed by atoms with E-state index < -0.39 is 5.92 Å². The Morgan fingerprint density at radius 1 is 1.17 bits per heavy atom. The van der Waals surface area contributed by atoms with Crippen LogP contribution in [0.2, 0.25) is 5.02 Å². The third kappa shape index (κ3) is 5.58. The van der Waals surface area contributed by atoms with Gasteiger partial charge in [-0.3, -0.25) is 9.59 Å². The lowest BCUT2D eigenvalue weighted by atomic mass is 9.98. The second-order valence-corrected chi connectivity index (χ2v) is 8.25. The van der Waals surface area contributed by atoms with E-state index in [1.165, 1.54) is 33.5 Å². The van der Waals surface area contributed by atoms with E-state index in [0.717, 1.165) is 19.3 Å². The zero-order valence-corrected chi connectivity index (χ0v) is 18.5. The van der Waals surface area contributed by atoms with Gasteiger partial charge in [-0.2, -0.15) is 0 Å². The number of hydrogen-bond acceptors (Lipinski definition) is 5. The van der Waals surface area contributed by atoms with Gasteiger partial charge in [-0.25, -0.2) is 0 Å². The van der Waals surface area contributed by atoms with Crippen LogP contribution in [0.1, 0.15) is 44.9 Å². The number of carbonyl (C=O) groups excluding carboxylic acids is 2. The summed E-state index contributed by atoms with van der Waals surface area (Å²) in [5.41, 5.74) is 0.546. The van der Waals surface area contributed by atoms with Crippen LogP contribution >= 0.6 is 11.6 Å². The lowest BCUT2D eigenvalue weighted by Crippen LogP contribution is -2.34. The minimum atomic E-state index is -0.401. The van der Waals surface area contributed by atoms with Crippen LogP contribution in [-0.2, 0) is 14.3 Å². The summed E-state index contributed by atoms with van der Waals surface area (Å²) in [7, 11) is 3.04. The predicted octanol–water partition coefficient (Wildman–Crippen LogP) is 3.57. The third-order valence-electron chi connectivity index (χ3n) is 5.77. The fraction of sp³-hybridized carbons (Fsp3) is 0.636. The van der Waals surface area contributed by atoms with Gasteiger partial charge in [0.2, 0.25) is 11.8 Å². The molecule has 166 valence electrons. The van der Waals surface area contributed by atoms with E-state index >= 15 is 0 Å². The second-order valence-electron chi connectivity index (χ2n) is 7.84. The molecule has 0 radical (unpaired) electrons. The number of amides is 2. The molecule has 30 heavy (non-hydrogen) atoms. The second kappa shape index (κ2) is 10.9. The normalized spacial score (nSPS) is 19.8. The quantitative estimate of drug-likeness (QED) is 0.596. The van der Waals surface area contributed by atoms with Crippen molar-refractivity contribution in [3.8, 4) is 11.5 Å². The summed E-state index contributed by atoms with van der Waals surface area (Å²) in [6.45, 7) is 1.50. The Morgan fingerprint density at radius 3 is 2.60 bits per heavy atom. The molecule has 1 aliphatic heterocycles. The molecule has 1 aliphatic carbocycles. The van der Waals surface area contributed by atoms with Gasteiger partial charge in [-0.05, 0) is 25.3 Å². The average Bonchev–Trinajstić information content (AvgIpc) is 3.15. The first kappa shape index (κ1) is 22.7. The molecule has 1 N–H and O–H groups in total. The summed E-state index contributed by atoms with van der Waals surface area (Å²) >= 11 is 6.23. The standard InChI is InChI=1S/C22H31ClN2O5/c1-28-19-13-20(29-2)18(12-17(19)23)25-14-15(11-21(25)26)22(27)24-9-6-10-30-16-7-4-3-5-8-16/h12-13,15-16H,3-11,14H2,1-2H3,(H,24,27)/t15-/m0/s1. The highest BCUT2D eigenvalue weighted by Gasteiger charge is 2.36. The van der Waals surface area contributed by atoms with Gasteiger partial charge >= 0.3 is 0 Å². The van der Waals surface area contributed by atoms with Crippen molar-refractivity contribution in [2.45, 2.75) is 51.0 Å². The molecular weight excluding hydrogens is 408 g/mol. The Hall–Kier alpha value is -1.99. The molecule has 2 aliphatic rings. The highest BCUT2D eigenvalue weighted by molar-refractivity contribution is 6.32. The first-order chi connectivity index (χ1) is 14.5. The molecule has 2 fully saturated rings. The van der Waals surface area contributed by atoms with Gasteiger partial charge in [0.1, 0.15) is 11.5 Å². The molecule has 7 nitrogen and oxygen atoms in total. The largest absolute Gasteiger partial charge is 0.495 e. The molecule has 2 amide bonds. The van der Waals surface area contributed by atoms with E-state index in [-0.39, 0.29) is 18.2 Å². The summed E-state index contributed by atoms with van der Waals surface area (Å²) < 4.78 is 16.5. The Labute approximate surface area is 183 Å². The molecule has 1 atom stereocenters. The predicted molar refractivity (Wildman–Crippen MR) is 115 cm³/mol. The van der Waals surface area contributed by atoms with Gasteiger partial charge in [-0.15, -0.1) is 0 Å². The van der Waals surface area contributed by atoms with Crippen LogP contribution in [0.5, 0.6) is 11.5 Å². The number of rotatable bonds is 9. The van der Waals surface area contributed by atoms with Crippen molar-refractivity contribution in [2.24, 2.45) is 5.92 Å². The van der Waals surface area contributed by atoms with Gasteiger partial charge in [0.25, 0.3) is 0 Å². The molecule has 1 heterocycles. The van der Waals surface area contributed by atoms with Gasteiger partial charge in [0.05, 0.1) is 37.0 Å². The summed E-state index contributed by atoms with van der Waals surface area (Å²) in [4.78, 5) is 26.7. The fourth-order valence-electron chi connectivity index (χ4n) is 4.08. The topological polar surface area (TPSA) is 77.1 Å². The number of hydrogen-bond donors (Lipinski definition) is 1. The van der Waals surface area contributed by atoms with E-state index in [1.54, 1.807) is 17.0 Å². The summed E-state index contributed by atoms with van der Waals surface area (Å²) in [6, 6.07) is 3.28. The monoisotopic (exact) mass is 438 g/mol. The molecule has 1 aromatic rings. The van der Waals surface area contributed by atoms with Crippen molar-refractivity contribution in [1.29, 1.82) is 0 Å². The highest BCUT2D eigenvalue weighted by Crippen LogP contribution is 2.40. The summed E-state index contributed by atoms with van der Waals surface area (Å²) in [5, 5.41) is 3.32. The number of halogens is 1. The lowest BCUT2D eigenvalue weighted by molar-refractivity contribution is -0.126. The number of nitrogens with one attached hydrogen (secondary N) is 1. The van der Waals surface area contributed by atoms with E-state index in [9.17, 15) is 9.59 Å². The van der Waals surface area contributed by atoms with E-state index in [2.05, 4.69) is 5.32 Å². The van der Waals surface area contributed by atoms with Gasteiger partial charge in [0.15, 0.2) is 0 Å². The van der Waals surface area contributed by atoms with Crippen LogP contribution < -0.4 is 19.7 Å². The van der Waals surface area contributed by atoms with Crippen LogP contribution in [0.3, 0.4) is 0 Å². The van der Waals surface area contributed by atoms with Crippen LogP contribution in [0.15, 0.2) is 12.1 Å². The molecule has 8 heteroatoms. The maximum absolute atomic E-state index is 12.6. The van der Waals surface area contributed by atoms with Crippen LogP contribution in [-0.4, -0.2) is 51.8 Å². The number of nitrogens with zero attached hydrogens (tertiary/aromatic N) is 1. The number of benzene rings is 1. The molecule has 0 unspecified atom stereocenters. The minimum absolute atomic E-state index is 0.109. The Morgan fingerprint density at radius 2 is 1.90 bits per heavy atom. The van der Waals surface area contributed by atoms with Gasteiger partial charge in [0, 0.05) is 32.2 Å². The average molecular weight is 439 g/mol. The summed E-state index contributed by atoms with van der Waals surface area (Å²) in [6.07, 6.45) is 7.40. The van der Waals surface area contributed by atoms with Crippen molar-refractivity contribution in [3.05, 3.63) is 17.2 Å². The molecule has 0 bridgehead atoms. The first-order valence-electron chi connectivity index (χ1n) is 10.6. The van der Waals surface area contributed by atoms with Gasteiger partial charge in [-0.1, -0.05) is 30.9 Å². The van der Waals surface area contributed by atoms with Crippen LogP contribution in [0, 0.1) is 5.92 Å². The van der Waals surface area contributed by atoms with Crippen molar-refractivity contribution >= 4 is 29.1 Å². The van der Waals surface area contributed by atoms with Gasteiger partial charge < -0.3 is 24.4 Å². The fourth-order valence-corrected chi connectivity index (χ4v) is 4.32. The molecule has 0 aromatic heterocycles. The SMILES string of the molecule is COc1cc(OC)c(N2C[C@@H](C(=O)NCCCOC3CCCCC3)CC2=O)cc1Cl. The zero-order chi connectivity index (χ0) is 21.5. The molecule has 3 rings (SSSR count). The van der Waals surface area contributed by atoms with Crippen LogP contribution in [0.25, 0.3) is 0 Å². The maximum Gasteiger partial charge on any atom is 0.227 e. The minimum Gasteiger partial charge on any atom is -0.495 e. The van der Waals surface area contributed by atoms with E-state index in [1.807, 2.05) is 0 Å². The number of anilines is 1. The first-order valence-corrected chi connectivity index (χ1v) is 11.0. The molecule has 1 saturated carbocycles. The Bertz CT molecular complexity index is 751. The lowest BCUT2D eigenvalue weighted by Gasteiger charge is -2.22. The maximum atomic E-state index is 12.6. The van der Waals surface area contributed by atoms with E-state index in [0.29, 0.717) is 48.0 Å². The molecule has 1 aromatic carbocycles. The Balaban J connectivity index is 1.49. The summed E-state index contributed by atoms with van der Waals surface area (Å²) in [5.74, 6) is 0.305. The van der Waals surface area contributed by atoms with E-state index in [4.69, 9.17) is 25.8 Å². The third-order valence-corrected chi connectivity index (χ3v) is 6.06. The molecule has 0 spiro atoms. The number of ether oxygens (including phenoxy) is 3. The zero-order valence-electron chi connectivity index (χ0n) is 17.7. The van der Waals surface area contributed by atoms with Crippen LogP contribution in [0.4, 0.5) is 5.69 Å². The smallest absolute Gasteiger partial charge is 0.227 e. The molecular formula is C22H31ClN2O5. The number of carbonyl (C=O) groups is 2. The highest BCUT2D eigenvalue weighted by atomic mass is 35.5. The molecule has 1 saturated heterocycles. The van der Waals surface area contributed by atoms with Crippen molar-refractivity contribution in [3.63, 3.8) is 0 Å². The van der Waals surface area contributed by atoms with Crippen molar-refractivity contribution < 1.29 is 23.8 Å². The van der Waals surface area contributed by atoms with Crippen molar-refractivity contribution in [1.82, 2.24) is 5.32 Å².